The van der Waals surface area contributed by atoms with Crippen molar-refractivity contribution in [3.05, 3.63) is 58.2 Å². The Balaban J connectivity index is 0. The van der Waals surface area contributed by atoms with Gasteiger partial charge in [-0.05, 0) is 39.0 Å². The Labute approximate surface area is 161 Å². The summed E-state index contributed by atoms with van der Waals surface area (Å²) in [4.78, 5) is 25.1. The minimum atomic E-state index is -0.0129. The molecule has 0 N–H and O–H groups in total. The van der Waals surface area contributed by atoms with Crippen LogP contribution in [-0.2, 0) is 0 Å². The van der Waals surface area contributed by atoms with Crippen molar-refractivity contribution in [2.24, 2.45) is 5.92 Å². The molecule has 1 aliphatic rings. The molecule has 0 radical (unpaired) electrons. The van der Waals surface area contributed by atoms with Crippen molar-refractivity contribution in [2.75, 3.05) is 0 Å². The number of carbonyl (C=O) groups excluding carboxylic acids is 2. The highest BCUT2D eigenvalue weighted by Gasteiger charge is 2.28. The van der Waals surface area contributed by atoms with E-state index in [2.05, 4.69) is 26.8 Å². The first kappa shape index (κ1) is 26.3. The van der Waals surface area contributed by atoms with Gasteiger partial charge < -0.3 is 0 Å². The Morgan fingerprint density at radius 2 is 1.54 bits per heavy atom. The first-order chi connectivity index (χ1) is 10.9. The number of Topliss-reactive ketones (excluding diaryl/α,β-unsaturated/α-hetero) is 2. The summed E-state index contributed by atoms with van der Waals surface area (Å²) in [6.07, 6.45) is 6.12. The van der Waals surface area contributed by atoms with E-state index in [1.807, 2.05) is 6.07 Å². The summed E-state index contributed by atoms with van der Waals surface area (Å²) < 4.78 is 0. The zero-order valence-electron chi connectivity index (χ0n) is 14.6. The highest BCUT2D eigenvalue weighted by molar-refractivity contribution is 6.26. The number of ketones is 2. The predicted octanol–water partition coefficient (Wildman–Crippen LogP) is 7.45. The summed E-state index contributed by atoms with van der Waals surface area (Å²) in [6.45, 7) is 8.35. The molecule has 2 heteroatoms. The van der Waals surface area contributed by atoms with Gasteiger partial charge in [0.15, 0.2) is 11.6 Å². The third-order valence-electron chi connectivity index (χ3n) is 4.49. The maximum absolute atomic E-state index is 12.6. The first-order valence-electron chi connectivity index (χ1n) is 8.45. The molecule has 2 nitrogen and oxygen atoms in total. The van der Waals surface area contributed by atoms with Gasteiger partial charge >= 0.3 is 0 Å². The second kappa shape index (κ2) is 11.6. The molecule has 0 aromatic heterocycles. The third-order valence-corrected chi connectivity index (χ3v) is 4.49. The zero-order chi connectivity index (χ0) is 17.0. The van der Waals surface area contributed by atoms with Gasteiger partial charge in [-0.1, -0.05) is 78.5 Å². The van der Waals surface area contributed by atoms with E-state index in [9.17, 15) is 9.59 Å². The number of rotatable bonds is 6. The molecular formula is C24H38O2. The average Bonchev–Trinajstić information content (AvgIpc) is 2.52. The summed E-state index contributed by atoms with van der Waals surface area (Å²) in [7, 11) is 0. The molecule has 0 bridgehead atoms. The van der Waals surface area contributed by atoms with Crippen molar-refractivity contribution < 1.29 is 9.59 Å². The molecule has 0 spiro atoms. The quantitative estimate of drug-likeness (QED) is 0.495. The first-order valence-corrected chi connectivity index (χ1v) is 8.45. The van der Waals surface area contributed by atoms with Gasteiger partial charge in [0.05, 0.1) is 0 Å². The van der Waals surface area contributed by atoms with Gasteiger partial charge in [-0.3, -0.25) is 9.59 Å². The lowest BCUT2D eigenvalue weighted by Gasteiger charge is -2.18. The van der Waals surface area contributed by atoms with Gasteiger partial charge in [0.2, 0.25) is 0 Å². The van der Waals surface area contributed by atoms with Crippen molar-refractivity contribution in [3.63, 3.8) is 0 Å². The molecule has 0 heterocycles. The highest BCUT2D eigenvalue weighted by atomic mass is 16.1. The molecule has 1 aliphatic carbocycles. The molecule has 0 atom stereocenters. The van der Waals surface area contributed by atoms with Crippen LogP contribution in [0.3, 0.4) is 0 Å². The maximum Gasteiger partial charge on any atom is 0.190 e. The van der Waals surface area contributed by atoms with E-state index in [1.54, 1.807) is 25.1 Å². The molecule has 0 amide bonds. The lowest BCUT2D eigenvalue weighted by molar-refractivity contribution is 0.0973. The third kappa shape index (κ3) is 6.09. The molecule has 1 aromatic carbocycles. The summed E-state index contributed by atoms with van der Waals surface area (Å²) in [5, 5.41) is 0. The van der Waals surface area contributed by atoms with E-state index in [0.29, 0.717) is 28.7 Å². The van der Waals surface area contributed by atoms with Crippen LogP contribution in [0.1, 0.15) is 96.4 Å². The Hall–Kier alpha value is -1.96. The fourth-order valence-corrected chi connectivity index (χ4v) is 2.96. The number of carbonyl (C=O) groups is 2. The summed E-state index contributed by atoms with van der Waals surface area (Å²) in [6, 6.07) is 7.11. The summed E-state index contributed by atoms with van der Waals surface area (Å²) in [5.41, 5.74) is 3.63. The van der Waals surface area contributed by atoms with Crippen LogP contribution in [0.15, 0.2) is 47.1 Å². The topological polar surface area (TPSA) is 34.1 Å². The van der Waals surface area contributed by atoms with Crippen molar-refractivity contribution in [1.29, 1.82) is 0 Å². The second-order valence-corrected chi connectivity index (χ2v) is 6.85. The fraction of sp³-hybridized carbons (Fsp3) is 0.500. The monoisotopic (exact) mass is 358 g/mol. The maximum atomic E-state index is 12.6. The summed E-state index contributed by atoms with van der Waals surface area (Å²) >= 11 is 0. The molecule has 0 aliphatic heterocycles. The van der Waals surface area contributed by atoms with Gasteiger partial charge in [0.25, 0.3) is 0 Å². The van der Waals surface area contributed by atoms with Crippen molar-refractivity contribution in [1.82, 2.24) is 0 Å². The van der Waals surface area contributed by atoms with Gasteiger partial charge in [-0.15, -0.1) is 0 Å². The SMILES string of the molecule is C.C.C.CC1=C(C/C=C(\C)CCCC(C)C)C(=O)c2ccccc2C1=O. The summed E-state index contributed by atoms with van der Waals surface area (Å²) in [5.74, 6) is 0.715. The lowest BCUT2D eigenvalue weighted by Crippen LogP contribution is -2.20. The van der Waals surface area contributed by atoms with Crippen LogP contribution in [-0.4, -0.2) is 11.6 Å². The van der Waals surface area contributed by atoms with Crippen LogP contribution in [0.25, 0.3) is 0 Å². The molecule has 0 saturated heterocycles. The average molecular weight is 359 g/mol. The van der Waals surface area contributed by atoms with Crippen LogP contribution >= 0.6 is 0 Å². The molecule has 26 heavy (non-hydrogen) atoms. The minimum Gasteiger partial charge on any atom is -0.289 e. The smallest absolute Gasteiger partial charge is 0.190 e. The molecule has 0 fully saturated rings. The Bertz CT molecular complexity index is 675. The van der Waals surface area contributed by atoms with Crippen molar-refractivity contribution in [2.45, 2.75) is 75.7 Å². The number of benzene rings is 1. The largest absolute Gasteiger partial charge is 0.289 e. The van der Waals surface area contributed by atoms with E-state index in [4.69, 9.17) is 0 Å². The van der Waals surface area contributed by atoms with Crippen molar-refractivity contribution >= 4 is 11.6 Å². The van der Waals surface area contributed by atoms with Crippen LogP contribution in [0.4, 0.5) is 0 Å². The van der Waals surface area contributed by atoms with E-state index < -0.39 is 0 Å². The van der Waals surface area contributed by atoms with E-state index in [1.165, 1.54) is 18.4 Å². The predicted molar refractivity (Wildman–Crippen MR) is 115 cm³/mol. The fourth-order valence-electron chi connectivity index (χ4n) is 2.96. The Kier molecular flexibility index (Phi) is 11.7. The lowest BCUT2D eigenvalue weighted by atomic mass is 9.83. The number of hydrogen-bond donors (Lipinski definition) is 0. The van der Waals surface area contributed by atoms with Crippen LogP contribution in [0.2, 0.25) is 0 Å². The number of hydrogen-bond acceptors (Lipinski definition) is 2. The number of allylic oxidation sites excluding steroid dienone is 4. The van der Waals surface area contributed by atoms with E-state index >= 15 is 0 Å². The van der Waals surface area contributed by atoms with Crippen molar-refractivity contribution in [3.8, 4) is 0 Å². The molecule has 0 unspecified atom stereocenters. The molecule has 0 saturated carbocycles. The van der Waals surface area contributed by atoms with Gasteiger partial charge in [0.1, 0.15) is 0 Å². The molecule has 2 rings (SSSR count). The van der Waals surface area contributed by atoms with Crippen LogP contribution < -0.4 is 0 Å². The molecule has 146 valence electrons. The number of fused-ring (bicyclic) bond motifs is 1. The van der Waals surface area contributed by atoms with E-state index in [-0.39, 0.29) is 33.8 Å². The zero-order valence-corrected chi connectivity index (χ0v) is 14.6. The standard InChI is InChI=1S/C21H26O2.3CH4/c1-14(2)8-7-9-15(3)12-13-17-16(4)20(22)18-10-5-6-11-19(18)21(17)23;;;/h5-6,10-12,14H,7-9,13H2,1-4H3;3*1H4/b15-12+;;;. The minimum absolute atomic E-state index is 0. The normalized spacial score (nSPS) is 13.7. The van der Waals surface area contributed by atoms with Gasteiger partial charge in [-0.25, -0.2) is 0 Å². The van der Waals surface area contributed by atoms with Gasteiger partial charge in [0, 0.05) is 22.3 Å². The molecular weight excluding hydrogens is 320 g/mol. The Morgan fingerprint density at radius 3 is 2.08 bits per heavy atom. The van der Waals surface area contributed by atoms with Crippen LogP contribution in [0, 0.1) is 5.92 Å². The highest BCUT2D eigenvalue weighted by Crippen LogP contribution is 2.28. The van der Waals surface area contributed by atoms with Crippen LogP contribution in [0.5, 0.6) is 0 Å². The Morgan fingerprint density at radius 1 is 1.00 bits per heavy atom. The second-order valence-electron chi connectivity index (χ2n) is 6.85. The molecule has 1 aromatic rings. The van der Waals surface area contributed by atoms with E-state index in [0.717, 1.165) is 12.3 Å². The van der Waals surface area contributed by atoms with Gasteiger partial charge in [-0.2, -0.15) is 0 Å².